The third kappa shape index (κ3) is 2.79. The molecule has 7 heteroatoms. The van der Waals surface area contributed by atoms with E-state index in [1.54, 1.807) is 24.3 Å². The Morgan fingerprint density at radius 2 is 0.686 bits per heavy atom. The molecular formula is C28H14O6S. The van der Waals surface area contributed by atoms with Gasteiger partial charge < -0.3 is 0 Å². The van der Waals surface area contributed by atoms with Crippen LogP contribution in [0.1, 0.15) is 63.7 Å². The van der Waals surface area contributed by atoms with Crippen LogP contribution in [-0.2, 0) is 9.84 Å². The first-order valence-electron chi connectivity index (χ1n) is 10.7. The monoisotopic (exact) mass is 478 g/mol. The van der Waals surface area contributed by atoms with Crippen molar-refractivity contribution in [1.82, 2.24) is 0 Å². The molecule has 0 unspecified atom stereocenters. The Balaban J connectivity index is 1.61. The maximum absolute atomic E-state index is 14.0. The zero-order valence-corrected chi connectivity index (χ0v) is 18.8. The van der Waals surface area contributed by atoms with Crippen molar-refractivity contribution in [2.75, 3.05) is 0 Å². The zero-order valence-electron chi connectivity index (χ0n) is 17.9. The van der Waals surface area contributed by atoms with Crippen LogP contribution < -0.4 is 0 Å². The van der Waals surface area contributed by atoms with E-state index in [0.29, 0.717) is 0 Å². The van der Waals surface area contributed by atoms with Gasteiger partial charge in [-0.3, -0.25) is 19.2 Å². The standard InChI is InChI=1S/C28H14O6S/c29-25-15-7-1-3-9-17(15)27(31)23-19(25)11-5-13-21(23)35(33,34)22-14-6-12-20-24(22)28(32)18-10-4-2-8-16(18)26(20)30/h1-14H. The lowest BCUT2D eigenvalue weighted by Crippen LogP contribution is -2.26. The number of carbonyl (C=O) groups excluding carboxylic acids is 4. The number of fused-ring (bicyclic) bond motifs is 4. The van der Waals surface area contributed by atoms with Crippen LogP contribution in [0.4, 0.5) is 0 Å². The zero-order chi connectivity index (χ0) is 24.5. The lowest BCUT2D eigenvalue weighted by molar-refractivity contribution is 0.0976. The van der Waals surface area contributed by atoms with Crippen molar-refractivity contribution in [3.63, 3.8) is 0 Å². The summed E-state index contributed by atoms with van der Waals surface area (Å²) in [7, 11) is -4.49. The number of sulfone groups is 1. The molecule has 6 rings (SSSR count). The summed E-state index contributed by atoms with van der Waals surface area (Å²) < 4.78 is 28.0. The second kappa shape index (κ2) is 7.25. The summed E-state index contributed by atoms with van der Waals surface area (Å²) in [4.78, 5) is 52.2. The van der Waals surface area contributed by atoms with Crippen molar-refractivity contribution in [3.05, 3.63) is 129 Å². The molecule has 0 bridgehead atoms. The van der Waals surface area contributed by atoms with Gasteiger partial charge in [0.2, 0.25) is 9.84 Å². The van der Waals surface area contributed by atoms with E-state index >= 15 is 0 Å². The van der Waals surface area contributed by atoms with Gasteiger partial charge in [-0.25, -0.2) is 8.42 Å². The first-order valence-corrected chi connectivity index (χ1v) is 12.2. The molecule has 0 spiro atoms. The second-order valence-corrected chi connectivity index (χ2v) is 10.2. The molecule has 0 amide bonds. The number of hydrogen-bond acceptors (Lipinski definition) is 6. The lowest BCUT2D eigenvalue weighted by atomic mass is 9.84. The molecule has 2 aliphatic rings. The first kappa shape index (κ1) is 21.1. The van der Waals surface area contributed by atoms with Gasteiger partial charge in [-0.2, -0.15) is 0 Å². The van der Waals surface area contributed by atoms with Crippen molar-refractivity contribution in [2.45, 2.75) is 9.79 Å². The Labute approximate surface area is 199 Å². The predicted octanol–water partition coefficient (Wildman–Crippen LogP) is 4.07. The minimum atomic E-state index is -4.49. The Bertz CT molecular complexity index is 1650. The fourth-order valence-corrected chi connectivity index (χ4v) is 6.49. The molecular weight excluding hydrogens is 464 g/mol. The molecule has 0 N–H and O–H groups in total. The molecule has 0 heterocycles. The molecule has 6 nitrogen and oxygen atoms in total. The van der Waals surface area contributed by atoms with E-state index in [-0.39, 0.29) is 54.3 Å². The van der Waals surface area contributed by atoms with Gasteiger partial charge in [0, 0.05) is 33.4 Å². The number of benzene rings is 4. The van der Waals surface area contributed by atoms with Crippen molar-refractivity contribution in [2.24, 2.45) is 0 Å². The third-order valence-corrected chi connectivity index (χ3v) is 8.25. The number of hydrogen-bond donors (Lipinski definition) is 0. The van der Waals surface area contributed by atoms with Crippen LogP contribution in [0.2, 0.25) is 0 Å². The van der Waals surface area contributed by atoms with E-state index < -0.39 is 33.0 Å². The highest BCUT2D eigenvalue weighted by atomic mass is 32.2. The van der Waals surface area contributed by atoms with Crippen LogP contribution in [0.5, 0.6) is 0 Å². The quantitative estimate of drug-likeness (QED) is 0.372. The lowest BCUT2D eigenvalue weighted by Gasteiger charge is -2.22. The molecule has 0 radical (unpaired) electrons. The average molecular weight is 478 g/mol. The molecule has 4 aromatic rings. The van der Waals surface area contributed by atoms with Gasteiger partial charge in [0.1, 0.15) is 0 Å². The maximum Gasteiger partial charge on any atom is 0.208 e. The minimum Gasteiger partial charge on any atom is -0.289 e. The van der Waals surface area contributed by atoms with Gasteiger partial charge in [0.05, 0.1) is 20.9 Å². The highest BCUT2D eigenvalue weighted by Crippen LogP contribution is 2.37. The van der Waals surface area contributed by atoms with E-state index in [0.717, 1.165) is 0 Å². The highest BCUT2D eigenvalue weighted by molar-refractivity contribution is 7.91. The van der Waals surface area contributed by atoms with Crippen LogP contribution >= 0.6 is 0 Å². The van der Waals surface area contributed by atoms with Gasteiger partial charge in [-0.1, -0.05) is 72.8 Å². The summed E-state index contributed by atoms with van der Waals surface area (Å²) in [5.74, 6) is -2.09. The van der Waals surface area contributed by atoms with Crippen molar-refractivity contribution >= 4 is 33.0 Å². The number of rotatable bonds is 2. The molecule has 0 saturated carbocycles. The molecule has 4 aromatic carbocycles. The van der Waals surface area contributed by atoms with E-state index in [4.69, 9.17) is 0 Å². The Morgan fingerprint density at radius 1 is 0.371 bits per heavy atom. The van der Waals surface area contributed by atoms with Crippen LogP contribution in [0, 0.1) is 0 Å². The van der Waals surface area contributed by atoms with Crippen LogP contribution in [0.15, 0.2) is 94.7 Å². The van der Waals surface area contributed by atoms with E-state index in [1.807, 2.05) is 0 Å². The fourth-order valence-electron chi connectivity index (χ4n) is 4.79. The SMILES string of the molecule is O=C1c2ccccc2C(=O)c2c1cccc2S(=O)(=O)c1cccc2c1C(=O)c1ccccc1C2=O. The maximum atomic E-state index is 14.0. The molecule has 0 atom stereocenters. The van der Waals surface area contributed by atoms with Gasteiger partial charge in [-0.05, 0) is 12.1 Å². The summed E-state index contributed by atoms with van der Waals surface area (Å²) in [5.41, 5.74) is 0.126. The van der Waals surface area contributed by atoms with E-state index in [2.05, 4.69) is 0 Å². The smallest absolute Gasteiger partial charge is 0.208 e. The second-order valence-electron chi connectivity index (χ2n) is 8.27. The molecule has 2 aliphatic carbocycles. The summed E-state index contributed by atoms with van der Waals surface area (Å²) >= 11 is 0. The van der Waals surface area contributed by atoms with Crippen LogP contribution in [-0.4, -0.2) is 31.6 Å². The van der Waals surface area contributed by atoms with Crippen LogP contribution in [0.3, 0.4) is 0 Å². The van der Waals surface area contributed by atoms with Crippen molar-refractivity contribution in [1.29, 1.82) is 0 Å². The molecule has 0 saturated heterocycles. The molecule has 0 aromatic heterocycles. The number of ketones is 4. The first-order chi connectivity index (χ1) is 16.8. The summed E-state index contributed by atoms with van der Waals surface area (Å²) in [6.45, 7) is 0. The van der Waals surface area contributed by atoms with Crippen molar-refractivity contribution < 1.29 is 27.6 Å². The Hall–Kier alpha value is -4.49. The van der Waals surface area contributed by atoms with E-state index in [9.17, 15) is 27.6 Å². The average Bonchev–Trinajstić information content (AvgIpc) is 2.89. The molecule has 0 fully saturated rings. The Kier molecular flexibility index (Phi) is 4.37. The fraction of sp³-hybridized carbons (Fsp3) is 0. The molecule has 0 aliphatic heterocycles. The largest absolute Gasteiger partial charge is 0.289 e. The Morgan fingerprint density at radius 3 is 1.06 bits per heavy atom. The van der Waals surface area contributed by atoms with Crippen LogP contribution in [0.25, 0.3) is 0 Å². The molecule has 168 valence electrons. The third-order valence-electron chi connectivity index (χ3n) is 6.41. The predicted molar refractivity (Wildman–Crippen MR) is 125 cm³/mol. The number of carbonyl (C=O) groups is 4. The summed E-state index contributed by atoms with van der Waals surface area (Å²) in [5, 5.41) is 0. The molecule has 35 heavy (non-hydrogen) atoms. The van der Waals surface area contributed by atoms with E-state index in [1.165, 1.54) is 60.7 Å². The van der Waals surface area contributed by atoms with Gasteiger partial charge in [-0.15, -0.1) is 0 Å². The van der Waals surface area contributed by atoms with Gasteiger partial charge in [0.25, 0.3) is 0 Å². The highest BCUT2D eigenvalue weighted by Gasteiger charge is 2.39. The summed E-state index contributed by atoms with van der Waals surface area (Å²) in [6, 6.07) is 20.6. The normalized spacial score (nSPS) is 14.2. The topological polar surface area (TPSA) is 102 Å². The van der Waals surface area contributed by atoms with Crippen molar-refractivity contribution in [3.8, 4) is 0 Å². The summed E-state index contributed by atoms with van der Waals surface area (Å²) in [6.07, 6.45) is 0. The van der Waals surface area contributed by atoms with Gasteiger partial charge >= 0.3 is 0 Å². The minimum absolute atomic E-state index is 0.0210. The van der Waals surface area contributed by atoms with Gasteiger partial charge in [0.15, 0.2) is 23.1 Å².